The van der Waals surface area contributed by atoms with Crippen LogP contribution in [0, 0.1) is 5.82 Å². The first kappa shape index (κ1) is 15.4. The molecule has 7 heteroatoms. The highest BCUT2D eigenvalue weighted by Crippen LogP contribution is 2.33. The van der Waals surface area contributed by atoms with Crippen LogP contribution in [0.1, 0.15) is 18.0 Å². The Morgan fingerprint density at radius 2 is 1.95 bits per heavy atom. The Bertz CT molecular complexity index is 469. The number of hydrogen-bond donors (Lipinski definition) is 1. The zero-order chi connectivity index (χ0) is 13.1. The molecule has 0 spiro atoms. The standard InChI is InChI=1S/C12H14FNO4.ClH/c1-16-10-5-7(8(13)6-11(10)17-2)9-3-4-18-12(15)14-9;/h5-6,9H,3-4H2,1-2H3,(H,14,15);1H/t9-;/m0./s1. The number of alkyl carbamates (subject to hydrolysis) is 1. The summed E-state index contributed by atoms with van der Waals surface area (Å²) in [5.74, 6) is 0.298. The first-order valence-corrected chi connectivity index (χ1v) is 5.50. The van der Waals surface area contributed by atoms with Gasteiger partial charge in [0.05, 0.1) is 26.9 Å². The molecule has 1 heterocycles. The summed E-state index contributed by atoms with van der Waals surface area (Å²) in [6.07, 6.45) is -0.0292. The van der Waals surface area contributed by atoms with Crippen molar-refractivity contribution in [2.24, 2.45) is 0 Å². The Kier molecular flexibility index (Phi) is 5.23. The highest BCUT2D eigenvalue weighted by molar-refractivity contribution is 5.85. The summed E-state index contributed by atoms with van der Waals surface area (Å²) < 4.78 is 28.8. The van der Waals surface area contributed by atoms with Gasteiger partial charge in [0.25, 0.3) is 0 Å². The van der Waals surface area contributed by atoms with E-state index >= 15 is 0 Å². The number of ether oxygens (including phenoxy) is 3. The minimum Gasteiger partial charge on any atom is -0.493 e. The molecule has 1 aliphatic rings. The lowest BCUT2D eigenvalue weighted by molar-refractivity contribution is 0.115. The molecule has 1 atom stereocenters. The first-order valence-electron chi connectivity index (χ1n) is 5.50. The van der Waals surface area contributed by atoms with Crippen LogP contribution >= 0.6 is 12.4 Å². The van der Waals surface area contributed by atoms with Gasteiger partial charge in [0.1, 0.15) is 5.82 Å². The van der Waals surface area contributed by atoms with Crippen LogP contribution in [0.5, 0.6) is 11.5 Å². The van der Waals surface area contributed by atoms with Crippen molar-refractivity contribution in [2.75, 3.05) is 20.8 Å². The van der Waals surface area contributed by atoms with Crippen LogP contribution in [0.25, 0.3) is 0 Å². The Balaban J connectivity index is 0.00000180. The number of benzene rings is 1. The summed E-state index contributed by atoms with van der Waals surface area (Å²) in [5.41, 5.74) is 0.365. The van der Waals surface area contributed by atoms with Crippen molar-refractivity contribution in [1.82, 2.24) is 5.32 Å². The molecule has 1 fully saturated rings. The number of amides is 1. The van der Waals surface area contributed by atoms with E-state index in [2.05, 4.69) is 5.32 Å². The predicted molar refractivity (Wildman–Crippen MR) is 68.6 cm³/mol. The molecular formula is C12H15ClFNO4. The number of carbonyl (C=O) groups is 1. The summed E-state index contributed by atoms with van der Waals surface area (Å²) in [6, 6.07) is 2.37. The van der Waals surface area contributed by atoms with Crippen molar-refractivity contribution in [3.8, 4) is 11.5 Å². The van der Waals surface area contributed by atoms with Gasteiger partial charge in [0.15, 0.2) is 11.5 Å². The average molecular weight is 292 g/mol. The zero-order valence-electron chi connectivity index (χ0n) is 10.6. The summed E-state index contributed by atoms with van der Waals surface area (Å²) in [6.45, 7) is 0.268. The highest BCUT2D eigenvalue weighted by atomic mass is 35.5. The third-order valence-corrected chi connectivity index (χ3v) is 2.81. The van der Waals surface area contributed by atoms with E-state index in [1.807, 2.05) is 0 Å². The molecule has 1 N–H and O–H groups in total. The van der Waals surface area contributed by atoms with Gasteiger partial charge in [-0.25, -0.2) is 9.18 Å². The Morgan fingerprint density at radius 1 is 1.32 bits per heavy atom. The fourth-order valence-corrected chi connectivity index (χ4v) is 1.90. The first-order chi connectivity index (χ1) is 8.65. The minimum atomic E-state index is -0.541. The largest absolute Gasteiger partial charge is 0.493 e. The molecule has 1 aromatic carbocycles. The summed E-state index contributed by atoms with van der Waals surface area (Å²) in [7, 11) is 2.91. The van der Waals surface area contributed by atoms with Gasteiger partial charge in [-0.3, -0.25) is 0 Å². The van der Waals surface area contributed by atoms with Gasteiger partial charge in [-0.2, -0.15) is 0 Å². The Labute approximate surface area is 116 Å². The summed E-state index contributed by atoms with van der Waals surface area (Å²) >= 11 is 0. The van der Waals surface area contributed by atoms with Crippen LogP contribution in [0.4, 0.5) is 9.18 Å². The maximum absolute atomic E-state index is 13.9. The normalized spacial score (nSPS) is 17.8. The smallest absolute Gasteiger partial charge is 0.407 e. The quantitative estimate of drug-likeness (QED) is 0.929. The van der Waals surface area contributed by atoms with E-state index in [4.69, 9.17) is 14.2 Å². The van der Waals surface area contributed by atoms with Gasteiger partial charge in [-0.1, -0.05) is 0 Å². The van der Waals surface area contributed by atoms with E-state index in [0.29, 0.717) is 23.5 Å². The van der Waals surface area contributed by atoms with Crippen LogP contribution < -0.4 is 14.8 Å². The van der Waals surface area contributed by atoms with Crippen molar-refractivity contribution < 1.29 is 23.4 Å². The lowest BCUT2D eigenvalue weighted by atomic mass is 10.0. The lowest BCUT2D eigenvalue weighted by Gasteiger charge is -2.24. The van der Waals surface area contributed by atoms with Crippen molar-refractivity contribution in [1.29, 1.82) is 0 Å². The molecule has 1 saturated heterocycles. The second kappa shape index (κ2) is 6.47. The lowest BCUT2D eigenvalue weighted by Crippen LogP contribution is -2.35. The van der Waals surface area contributed by atoms with Crippen molar-refractivity contribution in [3.63, 3.8) is 0 Å². The number of carbonyl (C=O) groups excluding carboxylic acids is 1. The molecule has 0 unspecified atom stereocenters. The molecule has 1 aromatic rings. The number of halogens is 2. The van der Waals surface area contributed by atoms with Gasteiger partial charge in [-0.05, 0) is 6.07 Å². The van der Waals surface area contributed by atoms with Crippen molar-refractivity contribution in [2.45, 2.75) is 12.5 Å². The number of cyclic esters (lactones) is 1. The van der Waals surface area contributed by atoms with Crippen LogP contribution in [0.2, 0.25) is 0 Å². The maximum atomic E-state index is 13.9. The van der Waals surface area contributed by atoms with Crippen molar-refractivity contribution in [3.05, 3.63) is 23.5 Å². The van der Waals surface area contributed by atoms with Gasteiger partial charge < -0.3 is 19.5 Å². The molecule has 5 nitrogen and oxygen atoms in total. The van der Waals surface area contributed by atoms with Gasteiger partial charge in [0.2, 0.25) is 0 Å². The number of hydrogen-bond acceptors (Lipinski definition) is 4. The van der Waals surface area contributed by atoms with E-state index in [0.717, 1.165) is 0 Å². The molecule has 19 heavy (non-hydrogen) atoms. The summed E-state index contributed by atoms with van der Waals surface area (Å²) in [5, 5.41) is 2.56. The number of methoxy groups -OCH3 is 2. The molecule has 2 rings (SSSR count). The molecular weight excluding hydrogens is 277 g/mol. The van der Waals surface area contributed by atoms with Crippen molar-refractivity contribution >= 4 is 18.5 Å². The summed E-state index contributed by atoms with van der Waals surface area (Å²) in [4.78, 5) is 11.1. The van der Waals surface area contributed by atoms with E-state index in [-0.39, 0.29) is 19.0 Å². The molecule has 106 valence electrons. The molecule has 0 bridgehead atoms. The average Bonchev–Trinajstić information content (AvgIpc) is 2.38. The monoisotopic (exact) mass is 291 g/mol. The highest BCUT2D eigenvalue weighted by Gasteiger charge is 2.25. The van der Waals surface area contributed by atoms with E-state index in [1.165, 1.54) is 26.4 Å². The molecule has 1 amide bonds. The topological polar surface area (TPSA) is 56.8 Å². The minimum absolute atomic E-state index is 0. The van der Waals surface area contributed by atoms with Crippen LogP contribution in [0.3, 0.4) is 0 Å². The third-order valence-electron chi connectivity index (χ3n) is 2.81. The van der Waals surface area contributed by atoms with Gasteiger partial charge in [-0.15, -0.1) is 12.4 Å². The van der Waals surface area contributed by atoms with Gasteiger partial charge >= 0.3 is 6.09 Å². The fourth-order valence-electron chi connectivity index (χ4n) is 1.90. The molecule has 0 radical (unpaired) electrons. The van der Waals surface area contributed by atoms with E-state index < -0.39 is 18.0 Å². The second-order valence-electron chi connectivity index (χ2n) is 3.85. The number of nitrogens with one attached hydrogen (secondary N) is 1. The maximum Gasteiger partial charge on any atom is 0.407 e. The van der Waals surface area contributed by atoms with Crippen LogP contribution in [0.15, 0.2) is 12.1 Å². The second-order valence-corrected chi connectivity index (χ2v) is 3.85. The Hall–Kier alpha value is -1.69. The van der Waals surface area contributed by atoms with E-state index in [1.54, 1.807) is 0 Å². The molecule has 0 saturated carbocycles. The molecule has 0 aromatic heterocycles. The SMILES string of the molecule is COc1cc(F)c([C@@H]2CCOC(=O)N2)cc1OC.Cl. The predicted octanol–water partition coefficient (Wildman–Crippen LogP) is 2.44. The van der Waals surface area contributed by atoms with Gasteiger partial charge in [0, 0.05) is 18.1 Å². The van der Waals surface area contributed by atoms with Crippen LogP contribution in [-0.4, -0.2) is 26.9 Å². The Morgan fingerprint density at radius 3 is 2.53 bits per heavy atom. The number of rotatable bonds is 3. The van der Waals surface area contributed by atoms with E-state index in [9.17, 15) is 9.18 Å². The third kappa shape index (κ3) is 3.20. The molecule has 1 aliphatic heterocycles. The fraction of sp³-hybridized carbons (Fsp3) is 0.417. The zero-order valence-corrected chi connectivity index (χ0v) is 11.4. The van der Waals surface area contributed by atoms with Crippen LogP contribution in [-0.2, 0) is 4.74 Å². The molecule has 0 aliphatic carbocycles.